The van der Waals surface area contributed by atoms with Crippen LogP contribution in [-0.2, 0) is 6.42 Å². The van der Waals surface area contributed by atoms with E-state index in [1.165, 1.54) is 6.07 Å². The zero-order valence-electron chi connectivity index (χ0n) is 10.4. The second-order valence-corrected chi connectivity index (χ2v) is 4.78. The molecular weight excluding hydrogens is 259 g/mol. The van der Waals surface area contributed by atoms with Gasteiger partial charge in [0.25, 0.3) is 0 Å². The number of Topliss-reactive ketones (excluding diaryl/α,β-unsaturated/α-hetero) is 1. The van der Waals surface area contributed by atoms with E-state index >= 15 is 0 Å². The van der Waals surface area contributed by atoms with Gasteiger partial charge < -0.3 is 10.5 Å². The molecule has 1 aromatic carbocycles. The van der Waals surface area contributed by atoms with E-state index in [0.29, 0.717) is 20.0 Å². The van der Waals surface area contributed by atoms with Crippen LogP contribution in [0.4, 0.5) is 13.2 Å². The Labute approximate surface area is 108 Å². The lowest BCUT2D eigenvalue weighted by Crippen LogP contribution is -2.57. The van der Waals surface area contributed by atoms with Crippen LogP contribution in [0.3, 0.4) is 0 Å². The molecule has 2 rings (SSSR count). The number of ether oxygens (including phenoxy) is 1. The first-order chi connectivity index (χ1) is 8.75. The molecule has 2 N–H and O–H groups in total. The van der Waals surface area contributed by atoms with Crippen LogP contribution in [0.25, 0.3) is 0 Å². The first-order valence-corrected chi connectivity index (χ1v) is 5.90. The van der Waals surface area contributed by atoms with E-state index in [9.17, 15) is 18.0 Å². The zero-order valence-corrected chi connectivity index (χ0v) is 10.4. The lowest BCUT2D eigenvalue weighted by molar-refractivity contribution is -0.165. The van der Waals surface area contributed by atoms with Gasteiger partial charge in [0, 0.05) is 0 Å². The minimum absolute atomic E-state index is 0.0977. The molecule has 1 heterocycles. The molecule has 6 heteroatoms. The fraction of sp³-hybridized carbons (Fsp3) is 0.462. The summed E-state index contributed by atoms with van der Waals surface area (Å²) in [5.74, 6) is -0.932. The Bertz CT molecular complexity index is 509. The molecule has 1 unspecified atom stereocenters. The number of alkyl halides is 3. The second-order valence-electron chi connectivity index (χ2n) is 4.78. The summed E-state index contributed by atoms with van der Waals surface area (Å²) in [5, 5.41) is 0. The molecule has 19 heavy (non-hydrogen) atoms. The van der Waals surface area contributed by atoms with E-state index in [1.54, 1.807) is 12.1 Å². The molecular formula is C13H14F3NO2. The minimum Gasteiger partial charge on any atom is -0.493 e. The number of carbonyl (C=O) groups excluding carboxylic acids is 1. The lowest BCUT2D eigenvalue weighted by Gasteiger charge is -2.28. The van der Waals surface area contributed by atoms with Gasteiger partial charge in [0.05, 0.1) is 12.2 Å². The third-order valence-electron chi connectivity index (χ3n) is 3.24. The van der Waals surface area contributed by atoms with E-state index in [0.717, 1.165) is 12.0 Å². The van der Waals surface area contributed by atoms with Gasteiger partial charge in [-0.25, -0.2) is 0 Å². The Hall–Kier alpha value is -1.56. The fourth-order valence-electron chi connectivity index (χ4n) is 1.98. The molecule has 1 aromatic rings. The van der Waals surface area contributed by atoms with Crippen molar-refractivity contribution in [3.8, 4) is 5.75 Å². The summed E-state index contributed by atoms with van der Waals surface area (Å²) < 4.78 is 43.8. The largest absolute Gasteiger partial charge is 0.493 e. The molecule has 1 atom stereocenters. The predicted molar refractivity (Wildman–Crippen MR) is 63.2 cm³/mol. The Morgan fingerprint density at radius 3 is 2.68 bits per heavy atom. The summed E-state index contributed by atoms with van der Waals surface area (Å²) in [6.07, 6.45) is -3.34. The standard InChI is InChI=1S/C13H14F3NO2/c1-12(17,13(14,15)16)11(18)9-6-2-4-8-5-3-7-19-10(8)9/h2,4,6H,3,5,7,17H2,1H3. The number of benzene rings is 1. The smallest absolute Gasteiger partial charge is 0.413 e. The van der Waals surface area contributed by atoms with Crippen molar-refractivity contribution in [2.45, 2.75) is 31.5 Å². The molecule has 0 saturated carbocycles. The number of nitrogens with two attached hydrogens (primary N) is 1. The van der Waals surface area contributed by atoms with Crippen molar-refractivity contribution in [3.05, 3.63) is 29.3 Å². The SMILES string of the molecule is CC(N)(C(=O)c1cccc2c1OCCC2)C(F)(F)F. The highest BCUT2D eigenvalue weighted by molar-refractivity contribution is 6.05. The van der Waals surface area contributed by atoms with Crippen molar-refractivity contribution in [2.75, 3.05) is 6.61 Å². The number of halogens is 3. The first-order valence-electron chi connectivity index (χ1n) is 5.90. The molecule has 3 nitrogen and oxygen atoms in total. The van der Waals surface area contributed by atoms with E-state index < -0.39 is 17.5 Å². The van der Waals surface area contributed by atoms with Crippen molar-refractivity contribution in [1.82, 2.24) is 0 Å². The number of hydrogen-bond acceptors (Lipinski definition) is 3. The molecule has 0 saturated heterocycles. The van der Waals surface area contributed by atoms with E-state index in [2.05, 4.69) is 0 Å². The normalized spacial score (nSPS) is 18.2. The average molecular weight is 273 g/mol. The van der Waals surface area contributed by atoms with E-state index in [1.807, 2.05) is 0 Å². The highest BCUT2D eigenvalue weighted by Gasteiger charge is 2.54. The monoisotopic (exact) mass is 273 g/mol. The summed E-state index contributed by atoms with van der Waals surface area (Å²) in [6.45, 7) is 1.07. The van der Waals surface area contributed by atoms with Crippen molar-refractivity contribution in [1.29, 1.82) is 0 Å². The third kappa shape index (κ3) is 2.32. The maximum Gasteiger partial charge on any atom is 0.413 e. The molecule has 0 bridgehead atoms. The molecule has 0 radical (unpaired) electrons. The molecule has 0 spiro atoms. The van der Waals surface area contributed by atoms with Crippen LogP contribution < -0.4 is 10.5 Å². The predicted octanol–water partition coefficient (Wildman–Crippen LogP) is 2.47. The Kier molecular flexibility index (Phi) is 3.30. The molecule has 1 aliphatic rings. The van der Waals surface area contributed by atoms with Crippen LogP contribution in [0.15, 0.2) is 18.2 Å². The molecule has 0 fully saturated rings. The second kappa shape index (κ2) is 4.52. The fourth-order valence-corrected chi connectivity index (χ4v) is 1.98. The van der Waals surface area contributed by atoms with E-state index in [-0.39, 0.29) is 11.3 Å². The van der Waals surface area contributed by atoms with Gasteiger partial charge in [0.1, 0.15) is 5.75 Å². The van der Waals surface area contributed by atoms with Gasteiger partial charge in [-0.15, -0.1) is 0 Å². The van der Waals surface area contributed by atoms with Gasteiger partial charge in [-0.3, -0.25) is 4.79 Å². The Morgan fingerprint density at radius 2 is 2.05 bits per heavy atom. The number of aryl methyl sites for hydroxylation is 1. The van der Waals surface area contributed by atoms with Crippen LogP contribution in [0.5, 0.6) is 5.75 Å². The number of rotatable bonds is 2. The topological polar surface area (TPSA) is 52.3 Å². The number of carbonyl (C=O) groups is 1. The molecule has 1 aliphatic heterocycles. The Balaban J connectivity index is 2.46. The van der Waals surface area contributed by atoms with Crippen LogP contribution in [0.1, 0.15) is 29.3 Å². The van der Waals surface area contributed by atoms with Gasteiger partial charge in [-0.1, -0.05) is 12.1 Å². The highest BCUT2D eigenvalue weighted by atomic mass is 19.4. The quantitative estimate of drug-likeness (QED) is 0.842. The summed E-state index contributed by atoms with van der Waals surface area (Å²) in [6, 6.07) is 4.61. The van der Waals surface area contributed by atoms with Crippen molar-refractivity contribution in [2.24, 2.45) is 5.73 Å². The molecule has 104 valence electrons. The third-order valence-corrected chi connectivity index (χ3v) is 3.24. The van der Waals surface area contributed by atoms with Crippen molar-refractivity contribution < 1.29 is 22.7 Å². The number of fused-ring (bicyclic) bond motifs is 1. The summed E-state index contributed by atoms with van der Waals surface area (Å²) >= 11 is 0. The minimum atomic E-state index is -4.80. The van der Waals surface area contributed by atoms with Gasteiger partial charge in [0.15, 0.2) is 11.3 Å². The van der Waals surface area contributed by atoms with Gasteiger partial charge in [-0.05, 0) is 31.4 Å². The average Bonchev–Trinajstić information content (AvgIpc) is 2.36. The van der Waals surface area contributed by atoms with Crippen LogP contribution >= 0.6 is 0 Å². The van der Waals surface area contributed by atoms with Gasteiger partial charge in [-0.2, -0.15) is 13.2 Å². The first kappa shape index (κ1) is 13.9. The number of para-hydroxylation sites is 1. The van der Waals surface area contributed by atoms with Crippen LogP contribution in [-0.4, -0.2) is 24.1 Å². The molecule has 0 amide bonds. The summed E-state index contributed by atoms with van der Waals surface area (Å²) in [7, 11) is 0. The maximum atomic E-state index is 12.8. The van der Waals surface area contributed by atoms with Gasteiger partial charge >= 0.3 is 6.18 Å². The van der Waals surface area contributed by atoms with E-state index in [4.69, 9.17) is 10.5 Å². The summed E-state index contributed by atoms with van der Waals surface area (Å²) in [5.41, 5.74) is 2.91. The van der Waals surface area contributed by atoms with Crippen LogP contribution in [0.2, 0.25) is 0 Å². The summed E-state index contributed by atoms with van der Waals surface area (Å²) in [4.78, 5) is 12.1. The van der Waals surface area contributed by atoms with Crippen molar-refractivity contribution >= 4 is 5.78 Å². The van der Waals surface area contributed by atoms with Gasteiger partial charge in [0.2, 0.25) is 0 Å². The lowest BCUT2D eigenvalue weighted by atomic mass is 9.89. The number of ketones is 1. The zero-order chi connectivity index (χ0) is 14.3. The molecule has 0 aliphatic carbocycles. The Morgan fingerprint density at radius 1 is 1.37 bits per heavy atom. The molecule has 0 aromatic heterocycles. The van der Waals surface area contributed by atoms with Crippen LogP contribution in [0, 0.1) is 0 Å². The highest BCUT2D eigenvalue weighted by Crippen LogP contribution is 2.36. The maximum absolute atomic E-state index is 12.8. The number of hydrogen-bond donors (Lipinski definition) is 1. The van der Waals surface area contributed by atoms with Crippen molar-refractivity contribution in [3.63, 3.8) is 0 Å².